The molecule has 18 heteroatoms. The highest BCUT2D eigenvalue weighted by atomic mass is 32.2. The van der Waals surface area contributed by atoms with Crippen LogP contribution in [0.2, 0.25) is 0 Å². The summed E-state index contributed by atoms with van der Waals surface area (Å²) in [6.45, 7) is 2.39. The molecule has 5 rings (SSSR count). The van der Waals surface area contributed by atoms with Gasteiger partial charge in [-0.25, -0.2) is 23.0 Å². The van der Waals surface area contributed by atoms with Crippen LogP contribution in [0.4, 0.5) is 26.3 Å². The molecule has 0 spiro atoms. The summed E-state index contributed by atoms with van der Waals surface area (Å²) >= 11 is 1.67. The first kappa shape index (κ1) is 33.8. The molecule has 1 fully saturated rings. The number of carbonyl (C=O) groups is 2. The van der Waals surface area contributed by atoms with Crippen molar-refractivity contribution < 1.29 is 59.3 Å². The van der Waals surface area contributed by atoms with Gasteiger partial charge in [-0.15, -0.1) is 0 Å². The average Bonchev–Trinajstić information content (AvgIpc) is 3.56. The molecule has 2 aliphatic rings. The molecule has 43 heavy (non-hydrogen) atoms. The van der Waals surface area contributed by atoms with Gasteiger partial charge >= 0.3 is 24.3 Å². The molecule has 0 saturated carbocycles. The quantitative estimate of drug-likeness (QED) is 0.396. The highest BCUT2D eigenvalue weighted by molar-refractivity contribution is 7.89. The van der Waals surface area contributed by atoms with Gasteiger partial charge in [0.15, 0.2) is 0 Å². The first-order chi connectivity index (χ1) is 20.0. The first-order valence-electron chi connectivity index (χ1n) is 12.0. The van der Waals surface area contributed by atoms with E-state index in [1.54, 1.807) is 34.0 Å². The molecule has 2 atom stereocenters. The number of fused-ring (bicyclic) bond motifs is 2. The number of nitrogens with zero attached hydrogens (tertiary/aromatic N) is 3. The van der Waals surface area contributed by atoms with Crippen molar-refractivity contribution in [2.24, 2.45) is 0 Å². The van der Waals surface area contributed by atoms with Crippen molar-refractivity contribution in [3.05, 3.63) is 76.6 Å². The lowest BCUT2D eigenvalue weighted by Crippen LogP contribution is -2.46. The van der Waals surface area contributed by atoms with Gasteiger partial charge < -0.3 is 14.9 Å². The maximum absolute atomic E-state index is 13.6. The number of pyridine rings is 1. The predicted octanol–water partition coefficient (Wildman–Crippen LogP) is 4.25. The van der Waals surface area contributed by atoms with Gasteiger partial charge in [0.1, 0.15) is 11.0 Å². The molecule has 0 amide bonds. The predicted molar refractivity (Wildman–Crippen MR) is 139 cm³/mol. The Balaban J connectivity index is 0.000000303. The molecule has 3 aromatic rings. The Bertz CT molecular complexity index is 1460. The molecule has 2 N–H and O–H groups in total. The van der Waals surface area contributed by atoms with Gasteiger partial charge in [-0.3, -0.25) is 4.90 Å². The number of aromatic nitrogens is 1. The minimum Gasteiger partial charge on any atom is -0.475 e. The molecule has 2 aromatic heterocycles. The largest absolute Gasteiger partial charge is 0.490 e. The zero-order valence-corrected chi connectivity index (χ0v) is 23.3. The Morgan fingerprint density at radius 3 is 2.05 bits per heavy atom. The topological polar surface area (TPSA) is 137 Å². The van der Waals surface area contributed by atoms with Gasteiger partial charge in [0.05, 0.1) is 6.04 Å². The first-order valence-corrected chi connectivity index (χ1v) is 14.4. The molecule has 2 unspecified atom stereocenters. The number of benzene rings is 1. The molecule has 1 aromatic carbocycles. The number of rotatable bonds is 4. The lowest BCUT2D eigenvalue weighted by Gasteiger charge is -2.28. The number of carboxylic acids is 2. The fraction of sp³-hybridized carbons (Fsp3) is 0.320. The third-order valence-corrected chi connectivity index (χ3v) is 8.54. The minimum absolute atomic E-state index is 0.148. The second-order valence-corrected chi connectivity index (χ2v) is 11.6. The van der Waals surface area contributed by atoms with E-state index in [2.05, 4.69) is 26.7 Å². The van der Waals surface area contributed by atoms with E-state index < -0.39 is 34.3 Å². The third kappa shape index (κ3) is 9.12. The summed E-state index contributed by atoms with van der Waals surface area (Å²) in [5, 5.41) is 18.4. The summed E-state index contributed by atoms with van der Waals surface area (Å²) in [6, 6.07) is 14.8. The van der Waals surface area contributed by atoms with Crippen LogP contribution >= 0.6 is 11.3 Å². The van der Waals surface area contributed by atoms with Crippen molar-refractivity contribution in [3.8, 4) is 5.88 Å². The second-order valence-electron chi connectivity index (χ2n) is 9.00. The number of hydrogen-bond acceptors (Lipinski definition) is 8. The number of thiophene rings is 1. The number of halogens is 6. The number of sulfonamides is 1. The average molecular weight is 656 g/mol. The summed E-state index contributed by atoms with van der Waals surface area (Å²) in [5.41, 5.74) is 2.20. The van der Waals surface area contributed by atoms with Gasteiger partial charge in [-0.1, -0.05) is 30.3 Å². The summed E-state index contributed by atoms with van der Waals surface area (Å²) in [5.74, 6) is -5.31. The monoisotopic (exact) mass is 655 g/mol. The lowest BCUT2D eigenvalue weighted by molar-refractivity contribution is -0.193. The minimum atomic E-state index is -5.08. The van der Waals surface area contributed by atoms with Gasteiger partial charge in [-0.2, -0.15) is 42.0 Å². The fourth-order valence-electron chi connectivity index (χ4n) is 4.07. The molecule has 4 heterocycles. The summed E-state index contributed by atoms with van der Waals surface area (Å²) in [6.07, 6.45) is -8.85. The number of ether oxygens (including phenoxy) is 1. The summed E-state index contributed by atoms with van der Waals surface area (Å²) in [4.78, 5) is 24.4. The molecular formula is C25H23F6N3O7S2. The van der Waals surface area contributed by atoms with E-state index >= 15 is 0 Å². The molecule has 1 saturated heterocycles. The van der Waals surface area contributed by atoms with Crippen molar-refractivity contribution in [2.75, 3.05) is 13.1 Å². The smallest absolute Gasteiger partial charge is 0.475 e. The Morgan fingerprint density at radius 2 is 1.51 bits per heavy atom. The Morgan fingerprint density at radius 1 is 0.907 bits per heavy atom. The van der Waals surface area contributed by atoms with E-state index in [1.807, 2.05) is 30.3 Å². The maximum atomic E-state index is 13.6. The molecule has 234 valence electrons. The Hall–Kier alpha value is -3.74. The van der Waals surface area contributed by atoms with E-state index in [4.69, 9.17) is 24.5 Å². The standard InChI is InChI=1S/C21H21N3O3S2.2C2HF3O2/c25-29(26)20-7-4-9-22-21(20)27-19-14-23(11-17-8-10-28-15-17)13-18(19)24(29)12-16-5-2-1-3-6-16;2*3-2(4,5)1(6)7/h1-10,15,18-19H,11-14H2;2*(H,6,7). The van der Waals surface area contributed by atoms with Gasteiger partial charge in [-0.05, 0) is 40.1 Å². The van der Waals surface area contributed by atoms with Crippen LogP contribution in [0.3, 0.4) is 0 Å². The fourth-order valence-corrected chi connectivity index (χ4v) is 6.43. The SMILES string of the molecule is O=C(O)C(F)(F)F.O=C(O)C(F)(F)F.O=S1(=O)c2cccnc2OC2CN(Cc3ccsc3)CC2N1Cc1ccccc1. The Labute approximate surface area is 244 Å². The molecule has 0 aliphatic carbocycles. The van der Waals surface area contributed by atoms with E-state index in [0.29, 0.717) is 19.6 Å². The van der Waals surface area contributed by atoms with Crippen molar-refractivity contribution in [1.29, 1.82) is 0 Å². The Kier molecular flexibility index (Phi) is 10.8. The van der Waals surface area contributed by atoms with Crippen LogP contribution < -0.4 is 4.74 Å². The third-order valence-electron chi connectivity index (χ3n) is 5.92. The highest BCUT2D eigenvalue weighted by Gasteiger charge is 2.47. The van der Waals surface area contributed by atoms with Crippen LogP contribution in [0.25, 0.3) is 0 Å². The van der Waals surface area contributed by atoms with E-state index in [0.717, 1.165) is 12.1 Å². The summed E-state index contributed by atoms with van der Waals surface area (Å²) < 4.78 is 98.4. The van der Waals surface area contributed by atoms with E-state index in [-0.39, 0.29) is 22.9 Å². The van der Waals surface area contributed by atoms with E-state index in [9.17, 15) is 34.8 Å². The van der Waals surface area contributed by atoms with Gasteiger partial charge in [0, 0.05) is 32.4 Å². The van der Waals surface area contributed by atoms with Crippen LogP contribution in [0.15, 0.2) is 70.4 Å². The molecule has 0 radical (unpaired) electrons. The van der Waals surface area contributed by atoms with Crippen molar-refractivity contribution >= 4 is 33.3 Å². The van der Waals surface area contributed by atoms with Crippen LogP contribution in [-0.4, -0.2) is 82.3 Å². The van der Waals surface area contributed by atoms with E-state index in [1.165, 1.54) is 5.56 Å². The molecule has 0 bridgehead atoms. The van der Waals surface area contributed by atoms with Crippen LogP contribution in [-0.2, 0) is 32.7 Å². The van der Waals surface area contributed by atoms with Gasteiger partial charge in [0.25, 0.3) is 0 Å². The number of hydrogen-bond donors (Lipinski definition) is 2. The normalized spacial score (nSPS) is 19.7. The van der Waals surface area contributed by atoms with Gasteiger partial charge in [0.2, 0.25) is 15.9 Å². The maximum Gasteiger partial charge on any atom is 0.490 e. The zero-order valence-electron chi connectivity index (χ0n) is 21.7. The van der Waals surface area contributed by atoms with Crippen LogP contribution in [0.5, 0.6) is 5.88 Å². The zero-order chi connectivity index (χ0) is 32.0. The number of aliphatic carboxylic acids is 2. The van der Waals surface area contributed by atoms with Crippen molar-refractivity contribution in [1.82, 2.24) is 14.2 Å². The van der Waals surface area contributed by atoms with Crippen molar-refractivity contribution in [2.45, 2.75) is 42.5 Å². The van der Waals surface area contributed by atoms with Crippen molar-refractivity contribution in [3.63, 3.8) is 0 Å². The second kappa shape index (κ2) is 13.7. The highest BCUT2D eigenvalue weighted by Crippen LogP contribution is 2.36. The number of alkyl halides is 6. The van der Waals surface area contributed by atoms with Crippen LogP contribution in [0, 0.1) is 0 Å². The lowest BCUT2D eigenvalue weighted by atomic mass is 10.1. The summed E-state index contributed by atoms with van der Waals surface area (Å²) in [7, 11) is -3.74. The number of likely N-dealkylation sites (tertiary alicyclic amines) is 1. The molecular weight excluding hydrogens is 632 g/mol. The molecule has 2 aliphatic heterocycles. The number of carboxylic acid groups (broad SMARTS) is 2. The molecule has 10 nitrogen and oxygen atoms in total. The van der Waals surface area contributed by atoms with Crippen LogP contribution in [0.1, 0.15) is 11.1 Å².